The summed E-state index contributed by atoms with van der Waals surface area (Å²) < 4.78 is 32.3. The van der Waals surface area contributed by atoms with E-state index in [0.29, 0.717) is 6.61 Å². The van der Waals surface area contributed by atoms with Crippen LogP contribution in [0.2, 0.25) is 0 Å². The number of carbonyl (C=O) groups excluding carboxylic acids is 1. The number of hydrogen-bond donors (Lipinski definition) is 0. The summed E-state index contributed by atoms with van der Waals surface area (Å²) in [5.74, 6) is -1.01. The fraction of sp³-hybridized carbons (Fsp3) is 0.500. The Balaban J connectivity index is 1.89. The Kier molecular flexibility index (Phi) is 5.63. The lowest BCUT2D eigenvalue weighted by molar-refractivity contribution is -0.143. The Hall–Kier alpha value is -2.19. The number of rotatable bonds is 6. The number of carbonyl (C=O) groups is 1. The molecular formula is C20H26BFN2O4. The first kappa shape index (κ1) is 20.5. The van der Waals surface area contributed by atoms with E-state index < -0.39 is 18.3 Å². The van der Waals surface area contributed by atoms with Crippen molar-refractivity contribution < 1.29 is 23.2 Å². The van der Waals surface area contributed by atoms with Gasteiger partial charge in [0, 0.05) is 12.0 Å². The molecule has 0 amide bonds. The van der Waals surface area contributed by atoms with E-state index in [1.807, 2.05) is 33.9 Å². The van der Waals surface area contributed by atoms with Gasteiger partial charge in [0.1, 0.15) is 5.82 Å². The van der Waals surface area contributed by atoms with Crippen LogP contribution in [0.3, 0.4) is 0 Å². The highest BCUT2D eigenvalue weighted by Gasteiger charge is 2.54. The van der Waals surface area contributed by atoms with E-state index in [-0.39, 0.29) is 24.0 Å². The van der Waals surface area contributed by atoms with Crippen molar-refractivity contribution in [2.75, 3.05) is 6.61 Å². The topological polar surface area (TPSA) is 62.6 Å². The number of aromatic nitrogens is 2. The molecule has 1 aliphatic heterocycles. The van der Waals surface area contributed by atoms with E-state index in [1.54, 1.807) is 29.9 Å². The molecule has 0 N–H and O–H groups in total. The zero-order valence-electron chi connectivity index (χ0n) is 16.9. The molecule has 1 aromatic heterocycles. The lowest BCUT2D eigenvalue weighted by Crippen LogP contribution is -2.41. The fourth-order valence-corrected chi connectivity index (χ4v) is 3.09. The van der Waals surface area contributed by atoms with Crippen LogP contribution >= 0.6 is 0 Å². The third-order valence-electron chi connectivity index (χ3n) is 5.41. The molecule has 6 nitrogen and oxygen atoms in total. The van der Waals surface area contributed by atoms with Crippen LogP contribution in [0.25, 0.3) is 5.69 Å². The second kappa shape index (κ2) is 7.68. The number of halogens is 1. The summed E-state index contributed by atoms with van der Waals surface area (Å²) in [6, 6.07) is 6.03. The molecule has 1 unspecified atom stereocenters. The van der Waals surface area contributed by atoms with Crippen molar-refractivity contribution >= 4 is 13.1 Å². The van der Waals surface area contributed by atoms with Gasteiger partial charge in [-0.05, 0) is 64.4 Å². The minimum atomic E-state index is -0.611. The van der Waals surface area contributed by atoms with Gasteiger partial charge in [-0.1, -0.05) is 0 Å². The maximum absolute atomic E-state index is 13.2. The molecule has 0 aliphatic carbocycles. The molecule has 0 spiro atoms. The monoisotopic (exact) mass is 388 g/mol. The number of ether oxygens (including phenoxy) is 1. The second-order valence-corrected chi connectivity index (χ2v) is 7.94. The normalized spacial score (nSPS) is 18.9. The Morgan fingerprint density at radius 2 is 1.82 bits per heavy atom. The largest absolute Gasteiger partial charge is 0.466 e. The molecule has 2 heterocycles. The van der Waals surface area contributed by atoms with E-state index in [2.05, 4.69) is 5.10 Å². The van der Waals surface area contributed by atoms with Crippen molar-refractivity contribution in [1.29, 1.82) is 0 Å². The average molecular weight is 388 g/mol. The van der Waals surface area contributed by atoms with Gasteiger partial charge in [-0.15, -0.1) is 0 Å². The summed E-state index contributed by atoms with van der Waals surface area (Å²) in [7, 11) is -0.611. The molecule has 1 aliphatic rings. The van der Waals surface area contributed by atoms with Crippen LogP contribution in [-0.4, -0.2) is 40.7 Å². The van der Waals surface area contributed by atoms with Crippen LogP contribution in [0.5, 0.6) is 0 Å². The molecule has 2 aromatic rings. The highest BCUT2D eigenvalue weighted by atomic mass is 19.1. The molecule has 1 saturated heterocycles. The summed E-state index contributed by atoms with van der Waals surface area (Å²) >= 11 is 0. The zero-order valence-corrected chi connectivity index (χ0v) is 16.9. The second-order valence-electron chi connectivity index (χ2n) is 7.94. The Morgan fingerprint density at radius 1 is 1.21 bits per heavy atom. The smallest absolute Gasteiger partial charge is 0.466 e. The van der Waals surface area contributed by atoms with E-state index in [0.717, 1.165) is 11.3 Å². The Morgan fingerprint density at radius 3 is 2.39 bits per heavy atom. The molecule has 1 atom stereocenters. The van der Waals surface area contributed by atoms with E-state index >= 15 is 0 Å². The minimum absolute atomic E-state index is 0.111. The van der Waals surface area contributed by atoms with E-state index in [1.165, 1.54) is 12.1 Å². The summed E-state index contributed by atoms with van der Waals surface area (Å²) in [6.07, 6.45) is 3.60. The molecule has 1 fully saturated rings. The number of hydrogen-bond acceptors (Lipinski definition) is 5. The molecule has 0 bridgehead atoms. The van der Waals surface area contributed by atoms with Gasteiger partial charge in [0.25, 0.3) is 0 Å². The molecule has 150 valence electrons. The highest BCUT2D eigenvalue weighted by molar-refractivity contribution is 6.48. The zero-order chi connectivity index (χ0) is 20.5. The van der Waals surface area contributed by atoms with Gasteiger partial charge in [0.05, 0.1) is 36.1 Å². The predicted octanol–water partition coefficient (Wildman–Crippen LogP) is 3.68. The number of esters is 1. The summed E-state index contributed by atoms with van der Waals surface area (Å²) in [5, 5.41) is 4.37. The van der Waals surface area contributed by atoms with Gasteiger partial charge in [0.2, 0.25) is 0 Å². The van der Waals surface area contributed by atoms with Crippen LogP contribution in [0.15, 0.2) is 36.7 Å². The third-order valence-corrected chi connectivity index (χ3v) is 5.41. The lowest BCUT2D eigenvalue weighted by atomic mass is 9.67. The van der Waals surface area contributed by atoms with Crippen LogP contribution < -0.4 is 0 Å². The van der Waals surface area contributed by atoms with Gasteiger partial charge in [0.15, 0.2) is 0 Å². The Bertz CT molecular complexity index is 819. The van der Waals surface area contributed by atoms with Gasteiger partial charge in [-0.3, -0.25) is 4.79 Å². The molecule has 3 rings (SSSR count). The first-order valence-corrected chi connectivity index (χ1v) is 9.45. The van der Waals surface area contributed by atoms with Crippen LogP contribution in [0, 0.1) is 5.82 Å². The maximum Gasteiger partial charge on any atom is 0.466 e. The summed E-state index contributed by atoms with van der Waals surface area (Å²) in [5.41, 5.74) is 0.474. The standard InChI is InChI=1S/C20H26BFN2O4/c1-6-26-18(25)11-17(21-27-19(2,3)20(4,5)28-21)14-12-23-24(13-14)16-9-7-15(22)8-10-16/h7-10,12-13,17H,6,11H2,1-5H3. The van der Waals surface area contributed by atoms with Gasteiger partial charge in [-0.25, -0.2) is 9.07 Å². The quantitative estimate of drug-likeness (QED) is 0.558. The predicted molar refractivity (Wildman–Crippen MR) is 104 cm³/mol. The summed E-state index contributed by atoms with van der Waals surface area (Å²) in [4.78, 5) is 12.2. The molecular weight excluding hydrogens is 362 g/mol. The molecule has 8 heteroatoms. The lowest BCUT2D eigenvalue weighted by Gasteiger charge is -2.32. The SMILES string of the molecule is CCOC(=O)CC(B1OC(C)(C)C(C)(C)O1)c1cnn(-c2ccc(F)cc2)c1. The number of nitrogens with zero attached hydrogens (tertiary/aromatic N) is 2. The van der Waals surface area contributed by atoms with Gasteiger partial charge < -0.3 is 14.0 Å². The van der Waals surface area contributed by atoms with Crippen molar-refractivity contribution in [1.82, 2.24) is 9.78 Å². The highest BCUT2D eigenvalue weighted by Crippen LogP contribution is 2.41. The van der Waals surface area contributed by atoms with Crippen LogP contribution in [0.4, 0.5) is 4.39 Å². The van der Waals surface area contributed by atoms with Crippen LogP contribution in [-0.2, 0) is 18.8 Å². The van der Waals surface area contributed by atoms with E-state index in [9.17, 15) is 9.18 Å². The minimum Gasteiger partial charge on any atom is -0.466 e. The summed E-state index contributed by atoms with van der Waals surface area (Å²) in [6.45, 7) is 9.96. The molecule has 28 heavy (non-hydrogen) atoms. The van der Waals surface area contributed by atoms with Crippen molar-refractivity contribution in [3.05, 3.63) is 48.0 Å². The maximum atomic E-state index is 13.2. The molecule has 0 radical (unpaired) electrons. The van der Waals surface area contributed by atoms with E-state index in [4.69, 9.17) is 14.0 Å². The first-order chi connectivity index (χ1) is 13.1. The molecule has 1 aromatic carbocycles. The average Bonchev–Trinajstić information content (AvgIpc) is 3.16. The third kappa shape index (κ3) is 4.13. The van der Waals surface area contributed by atoms with Crippen molar-refractivity contribution in [2.45, 2.75) is 58.1 Å². The Labute approximate surface area is 165 Å². The number of benzene rings is 1. The van der Waals surface area contributed by atoms with Crippen LogP contribution in [0.1, 0.15) is 52.4 Å². The van der Waals surface area contributed by atoms with Crippen molar-refractivity contribution in [2.24, 2.45) is 0 Å². The fourth-order valence-electron chi connectivity index (χ4n) is 3.09. The van der Waals surface area contributed by atoms with Gasteiger partial charge >= 0.3 is 13.1 Å². The molecule has 0 saturated carbocycles. The van der Waals surface area contributed by atoms with Gasteiger partial charge in [-0.2, -0.15) is 5.10 Å². The first-order valence-electron chi connectivity index (χ1n) is 9.45. The van der Waals surface area contributed by atoms with Crippen molar-refractivity contribution in [3.63, 3.8) is 0 Å². The van der Waals surface area contributed by atoms with Crippen molar-refractivity contribution in [3.8, 4) is 5.69 Å².